The van der Waals surface area contributed by atoms with Crippen LogP contribution < -0.4 is 10.1 Å². The third-order valence-electron chi connectivity index (χ3n) is 5.86. The Morgan fingerprint density at radius 3 is 2.85 bits per heavy atom. The Morgan fingerprint density at radius 1 is 1.33 bits per heavy atom. The molecule has 0 unspecified atom stereocenters. The number of aromatic nitrogens is 6. The second-order valence-electron chi connectivity index (χ2n) is 8.70. The maximum atomic E-state index is 11.3. The number of hydrogen-bond donors (Lipinski definition) is 2. The lowest BCUT2D eigenvalue weighted by molar-refractivity contribution is -0.143. The summed E-state index contributed by atoms with van der Waals surface area (Å²) in [4.78, 5) is 20.6. The van der Waals surface area contributed by atoms with Gasteiger partial charge in [0.25, 0.3) is 0 Å². The van der Waals surface area contributed by atoms with Gasteiger partial charge >= 0.3 is 5.97 Å². The van der Waals surface area contributed by atoms with E-state index in [1.165, 1.54) is 11.5 Å². The van der Waals surface area contributed by atoms with Crippen molar-refractivity contribution in [1.82, 2.24) is 29.3 Å². The highest BCUT2D eigenvalue weighted by Gasteiger charge is 2.28. The maximum absolute atomic E-state index is 11.3. The van der Waals surface area contributed by atoms with E-state index in [1.807, 2.05) is 26.1 Å². The highest BCUT2D eigenvalue weighted by atomic mass is 32.1. The van der Waals surface area contributed by atoms with Gasteiger partial charge in [0, 0.05) is 24.5 Å². The number of anilines is 1. The highest BCUT2D eigenvalue weighted by Crippen LogP contribution is 2.30. The molecule has 1 fully saturated rings. The molecule has 4 rings (SSSR count). The van der Waals surface area contributed by atoms with E-state index in [1.54, 1.807) is 4.68 Å². The first-order valence-electron chi connectivity index (χ1n) is 11.1. The molecule has 0 saturated heterocycles. The summed E-state index contributed by atoms with van der Waals surface area (Å²) in [6.45, 7) is 6.51. The molecule has 2 atom stereocenters. The van der Waals surface area contributed by atoms with Gasteiger partial charge in [-0.05, 0) is 44.7 Å². The van der Waals surface area contributed by atoms with Crippen molar-refractivity contribution in [3.05, 3.63) is 29.3 Å². The van der Waals surface area contributed by atoms with Crippen molar-refractivity contribution < 1.29 is 14.6 Å². The largest absolute Gasteiger partial charge is 0.489 e. The van der Waals surface area contributed by atoms with Crippen molar-refractivity contribution in [1.29, 1.82) is 0 Å². The van der Waals surface area contributed by atoms with Crippen LogP contribution in [0.25, 0.3) is 11.4 Å². The molecule has 3 aromatic rings. The molecule has 0 aliphatic heterocycles. The molecule has 33 heavy (non-hydrogen) atoms. The molecular formula is C22H29N7O3S. The number of aliphatic carboxylic acids is 1. The van der Waals surface area contributed by atoms with E-state index in [0.717, 1.165) is 35.2 Å². The standard InChI is InChI=1S/C22H29N7O3S/c1-12(2)20-25-22(33-27-20)23-11-17-19(26-28-29(17)4)16-8-9-18(13(3)24-16)32-15-7-5-6-14(10-15)21(30)31/h8-9,12,14-15H,5-7,10-11H2,1-4H3,(H,30,31)(H,23,25,27)/t14-,15-/m0/s1. The van der Waals surface area contributed by atoms with Gasteiger partial charge < -0.3 is 15.2 Å². The number of carboxylic acids is 1. The zero-order valence-electron chi connectivity index (χ0n) is 19.3. The van der Waals surface area contributed by atoms with Crippen LogP contribution in [0.3, 0.4) is 0 Å². The monoisotopic (exact) mass is 471 g/mol. The number of pyridine rings is 1. The van der Waals surface area contributed by atoms with Crippen molar-refractivity contribution in [3.63, 3.8) is 0 Å². The summed E-state index contributed by atoms with van der Waals surface area (Å²) in [6, 6.07) is 3.75. The van der Waals surface area contributed by atoms with Gasteiger partial charge in [-0.15, -0.1) is 5.10 Å². The molecule has 10 nitrogen and oxygen atoms in total. The van der Waals surface area contributed by atoms with E-state index < -0.39 is 5.97 Å². The topological polar surface area (TPSA) is 128 Å². The molecule has 1 aliphatic carbocycles. The van der Waals surface area contributed by atoms with Gasteiger partial charge in [0.05, 0.1) is 35.6 Å². The number of nitrogens with zero attached hydrogens (tertiary/aromatic N) is 6. The lowest BCUT2D eigenvalue weighted by atomic mass is 9.87. The lowest BCUT2D eigenvalue weighted by Crippen LogP contribution is -2.29. The van der Waals surface area contributed by atoms with Crippen LogP contribution in [0.1, 0.15) is 62.7 Å². The molecule has 3 heterocycles. The van der Waals surface area contributed by atoms with Crippen LogP contribution in [0.5, 0.6) is 5.75 Å². The number of aryl methyl sites for hydroxylation is 2. The average molecular weight is 472 g/mol. The fourth-order valence-corrected chi connectivity index (χ4v) is 4.64. The fraction of sp³-hybridized carbons (Fsp3) is 0.545. The molecule has 11 heteroatoms. The van der Waals surface area contributed by atoms with Crippen LogP contribution >= 0.6 is 11.5 Å². The first-order chi connectivity index (χ1) is 15.8. The summed E-state index contributed by atoms with van der Waals surface area (Å²) in [5.41, 5.74) is 3.02. The summed E-state index contributed by atoms with van der Waals surface area (Å²) in [5, 5.41) is 21.9. The molecule has 2 N–H and O–H groups in total. The normalized spacial score (nSPS) is 18.5. The minimum atomic E-state index is -0.744. The van der Waals surface area contributed by atoms with E-state index in [9.17, 15) is 9.90 Å². The van der Waals surface area contributed by atoms with Crippen molar-refractivity contribution in [2.75, 3.05) is 5.32 Å². The van der Waals surface area contributed by atoms with Gasteiger partial charge in [-0.1, -0.05) is 19.1 Å². The molecule has 0 spiro atoms. The number of carbonyl (C=O) groups is 1. The summed E-state index contributed by atoms with van der Waals surface area (Å²) in [6.07, 6.45) is 2.85. The SMILES string of the molecule is Cc1nc(-c2nnn(C)c2CNc2nc(C(C)C)ns2)ccc1O[C@H]1CCC[C@H](C(=O)O)C1. The number of rotatable bonds is 8. The van der Waals surface area contributed by atoms with Gasteiger partial charge in [0.1, 0.15) is 17.3 Å². The van der Waals surface area contributed by atoms with Crippen LogP contribution in [-0.4, -0.2) is 46.5 Å². The zero-order valence-corrected chi connectivity index (χ0v) is 20.1. The molecule has 0 amide bonds. The van der Waals surface area contributed by atoms with Crippen molar-refractivity contribution in [2.45, 2.75) is 65.0 Å². The van der Waals surface area contributed by atoms with E-state index in [-0.39, 0.29) is 17.9 Å². The Hall–Kier alpha value is -3.08. The second-order valence-corrected chi connectivity index (χ2v) is 9.45. The summed E-state index contributed by atoms with van der Waals surface area (Å²) >= 11 is 1.34. The number of hydrogen-bond acceptors (Lipinski definition) is 9. The Balaban J connectivity index is 1.47. The molecule has 0 aromatic carbocycles. The average Bonchev–Trinajstić information content (AvgIpc) is 3.41. The van der Waals surface area contributed by atoms with Gasteiger partial charge in [-0.2, -0.15) is 4.37 Å². The quantitative estimate of drug-likeness (QED) is 0.504. The van der Waals surface area contributed by atoms with E-state index in [4.69, 9.17) is 9.72 Å². The summed E-state index contributed by atoms with van der Waals surface area (Å²) in [7, 11) is 1.85. The molecule has 0 radical (unpaired) electrons. The van der Waals surface area contributed by atoms with E-state index >= 15 is 0 Å². The minimum absolute atomic E-state index is 0.106. The summed E-state index contributed by atoms with van der Waals surface area (Å²) < 4.78 is 12.2. The molecule has 0 bridgehead atoms. The van der Waals surface area contributed by atoms with Crippen LogP contribution in [0.2, 0.25) is 0 Å². The first kappa shape index (κ1) is 23.1. The van der Waals surface area contributed by atoms with Crippen LogP contribution in [0.4, 0.5) is 5.13 Å². The molecule has 3 aromatic heterocycles. The molecule has 1 saturated carbocycles. The van der Waals surface area contributed by atoms with Gasteiger partial charge in [-0.3, -0.25) is 4.79 Å². The zero-order chi connectivity index (χ0) is 23.5. The maximum Gasteiger partial charge on any atom is 0.306 e. The number of nitrogens with one attached hydrogen (secondary N) is 1. The third-order valence-corrected chi connectivity index (χ3v) is 6.54. The Morgan fingerprint density at radius 2 is 2.15 bits per heavy atom. The van der Waals surface area contributed by atoms with Crippen LogP contribution in [-0.2, 0) is 18.4 Å². The lowest BCUT2D eigenvalue weighted by Gasteiger charge is -2.27. The van der Waals surface area contributed by atoms with Crippen molar-refractivity contribution in [2.24, 2.45) is 13.0 Å². The van der Waals surface area contributed by atoms with Gasteiger partial charge in [-0.25, -0.2) is 14.6 Å². The predicted octanol–water partition coefficient (Wildman–Crippen LogP) is 3.79. The fourth-order valence-electron chi connectivity index (χ4n) is 3.94. The number of ether oxygens (including phenoxy) is 1. The number of carboxylic acid groups (broad SMARTS) is 1. The van der Waals surface area contributed by atoms with Gasteiger partial charge in [0.15, 0.2) is 0 Å². The van der Waals surface area contributed by atoms with Crippen molar-refractivity contribution >= 4 is 22.6 Å². The Labute approximate surface area is 196 Å². The highest BCUT2D eigenvalue weighted by molar-refractivity contribution is 7.09. The first-order valence-corrected chi connectivity index (χ1v) is 11.9. The van der Waals surface area contributed by atoms with E-state index in [0.29, 0.717) is 36.5 Å². The minimum Gasteiger partial charge on any atom is -0.489 e. The summed E-state index contributed by atoms with van der Waals surface area (Å²) in [5.74, 6) is 0.698. The molecule has 176 valence electrons. The third kappa shape index (κ3) is 5.29. The van der Waals surface area contributed by atoms with E-state index in [2.05, 4.69) is 38.8 Å². The Kier molecular flexibility index (Phi) is 6.87. The van der Waals surface area contributed by atoms with Crippen LogP contribution in [0, 0.1) is 12.8 Å². The second kappa shape index (κ2) is 9.82. The smallest absolute Gasteiger partial charge is 0.306 e. The molecule has 1 aliphatic rings. The van der Waals surface area contributed by atoms with Gasteiger partial charge in [0.2, 0.25) is 5.13 Å². The Bertz CT molecular complexity index is 1130. The van der Waals surface area contributed by atoms with Crippen molar-refractivity contribution in [3.8, 4) is 17.1 Å². The predicted molar refractivity (Wildman–Crippen MR) is 124 cm³/mol. The molecular weight excluding hydrogens is 442 g/mol. The van der Waals surface area contributed by atoms with Crippen LogP contribution in [0.15, 0.2) is 12.1 Å².